The van der Waals surface area contributed by atoms with E-state index >= 15 is 0 Å². The summed E-state index contributed by atoms with van der Waals surface area (Å²) in [7, 11) is 0. The van der Waals surface area contributed by atoms with E-state index in [0.717, 1.165) is 4.47 Å². The van der Waals surface area contributed by atoms with Gasteiger partial charge in [-0.3, -0.25) is 4.79 Å². The highest BCUT2D eigenvalue weighted by molar-refractivity contribution is 9.10. The summed E-state index contributed by atoms with van der Waals surface area (Å²) < 4.78 is 0.804. The lowest BCUT2D eigenvalue weighted by molar-refractivity contribution is 0.102. The Morgan fingerprint density at radius 1 is 1.17 bits per heavy atom. The number of nitrogens with two attached hydrogens (primary N) is 1. The van der Waals surface area contributed by atoms with Gasteiger partial charge in [-0.2, -0.15) is 0 Å². The fourth-order valence-electron chi connectivity index (χ4n) is 1.46. The number of anilines is 2. The van der Waals surface area contributed by atoms with Crippen molar-refractivity contribution in [2.75, 3.05) is 11.1 Å². The van der Waals surface area contributed by atoms with Crippen molar-refractivity contribution in [2.24, 2.45) is 0 Å². The monoisotopic (exact) mass is 324 g/mol. The Kier molecular flexibility index (Phi) is 3.89. The number of hydrogen-bond acceptors (Lipinski definition) is 2. The van der Waals surface area contributed by atoms with Gasteiger partial charge in [-0.05, 0) is 42.5 Å². The first-order chi connectivity index (χ1) is 8.56. The standard InChI is InChI=1S/C13H10BrClN2O/c14-8-1-6-12(16)11(7-8)13(18)17-10-4-2-9(15)3-5-10/h1-7H,16H2,(H,17,18). The third-order valence-corrected chi connectivity index (χ3v) is 3.11. The normalized spacial score (nSPS) is 10.1. The maximum atomic E-state index is 12.0. The van der Waals surface area contributed by atoms with Crippen LogP contribution in [-0.2, 0) is 0 Å². The zero-order valence-electron chi connectivity index (χ0n) is 9.28. The molecule has 2 rings (SSSR count). The molecule has 0 fully saturated rings. The second-order valence-corrected chi connectivity index (χ2v) is 5.04. The Morgan fingerprint density at radius 3 is 2.50 bits per heavy atom. The van der Waals surface area contributed by atoms with Gasteiger partial charge in [0, 0.05) is 20.9 Å². The van der Waals surface area contributed by atoms with Crippen LogP contribution in [-0.4, -0.2) is 5.91 Å². The van der Waals surface area contributed by atoms with Crippen LogP contribution in [0.15, 0.2) is 46.9 Å². The van der Waals surface area contributed by atoms with Crippen LogP contribution in [0.1, 0.15) is 10.4 Å². The summed E-state index contributed by atoms with van der Waals surface area (Å²) >= 11 is 9.08. The van der Waals surface area contributed by atoms with Crippen LogP contribution in [0, 0.1) is 0 Å². The van der Waals surface area contributed by atoms with Gasteiger partial charge in [0.1, 0.15) is 0 Å². The molecule has 2 aromatic rings. The average molecular weight is 326 g/mol. The largest absolute Gasteiger partial charge is 0.398 e. The van der Waals surface area contributed by atoms with Gasteiger partial charge in [-0.1, -0.05) is 27.5 Å². The van der Waals surface area contributed by atoms with Crippen molar-refractivity contribution in [3.8, 4) is 0 Å². The van der Waals surface area contributed by atoms with Gasteiger partial charge in [0.2, 0.25) is 0 Å². The SMILES string of the molecule is Nc1ccc(Br)cc1C(=O)Nc1ccc(Cl)cc1. The van der Waals surface area contributed by atoms with E-state index < -0.39 is 0 Å². The number of benzene rings is 2. The molecule has 0 unspecified atom stereocenters. The van der Waals surface area contributed by atoms with Crippen molar-refractivity contribution in [3.05, 3.63) is 57.5 Å². The van der Waals surface area contributed by atoms with Gasteiger partial charge in [0.15, 0.2) is 0 Å². The summed E-state index contributed by atoms with van der Waals surface area (Å²) in [6.45, 7) is 0. The summed E-state index contributed by atoms with van der Waals surface area (Å²) in [6, 6.07) is 12.0. The molecule has 0 aliphatic rings. The Labute approximate surface area is 118 Å². The zero-order valence-corrected chi connectivity index (χ0v) is 11.6. The number of nitrogen functional groups attached to an aromatic ring is 1. The Morgan fingerprint density at radius 2 is 1.83 bits per heavy atom. The third-order valence-electron chi connectivity index (χ3n) is 2.36. The minimum absolute atomic E-state index is 0.254. The molecule has 0 saturated heterocycles. The highest BCUT2D eigenvalue weighted by Crippen LogP contribution is 2.20. The molecule has 3 nitrogen and oxygen atoms in total. The van der Waals surface area contributed by atoms with Gasteiger partial charge in [0.05, 0.1) is 5.56 Å². The molecule has 0 aromatic heterocycles. The molecule has 2 aromatic carbocycles. The number of hydrogen-bond donors (Lipinski definition) is 2. The van der Waals surface area contributed by atoms with Crippen molar-refractivity contribution in [3.63, 3.8) is 0 Å². The van der Waals surface area contributed by atoms with Crippen molar-refractivity contribution in [1.29, 1.82) is 0 Å². The number of amides is 1. The number of carbonyl (C=O) groups is 1. The lowest BCUT2D eigenvalue weighted by atomic mass is 10.1. The summed E-state index contributed by atoms with van der Waals surface area (Å²) in [5, 5.41) is 3.38. The van der Waals surface area contributed by atoms with Crippen molar-refractivity contribution in [1.82, 2.24) is 0 Å². The van der Waals surface area contributed by atoms with Crippen LogP contribution in [0.2, 0.25) is 5.02 Å². The zero-order chi connectivity index (χ0) is 13.1. The molecule has 0 heterocycles. The van der Waals surface area contributed by atoms with Gasteiger partial charge < -0.3 is 11.1 Å². The molecule has 0 radical (unpaired) electrons. The average Bonchev–Trinajstić information content (AvgIpc) is 2.35. The van der Waals surface area contributed by atoms with E-state index in [1.807, 2.05) is 0 Å². The molecule has 3 N–H and O–H groups in total. The quantitative estimate of drug-likeness (QED) is 0.822. The van der Waals surface area contributed by atoms with E-state index in [9.17, 15) is 4.79 Å². The van der Waals surface area contributed by atoms with Gasteiger partial charge in [0.25, 0.3) is 5.91 Å². The first-order valence-electron chi connectivity index (χ1n) is 5.18. The first-order valence-corrected chi connectivity index (χ1v) is 6.35. The van der Waals surface area contributed by atoms with E-state index in [-0.39, 0.29) is 5.91 Å². The van der Waals surface area contributed by atoms with E-state index in [4.69, 9.17) is 17.3 Å². The van der Waals surface area contributed by atoms with Crippen molar-refractivity contribution >= 4 is 44.8 Å². The maximum absolute atomic E-state index is 12.0. The second-order valence-electron chi connectivity index (χ2n) is 3.69. The molecule has 0 aliphatic carbocycles. The first kappa shape index (κ1) is 12.9. The van der Waals surface area contributed by atoms with E-state index in [1.54, 1.807) is 42.5 Å². The smallest absolute Gasteiger partial charge is 0.257 e. The fourth-order valence-corrected chi connectivity index (χ4v) is 1.94. The molecular weight excluding hydrogens is 316 g/mol. The van der Waals surface area contributed by atoms with Gasteiger partial charge in [-0.25, -0.2) is 0 Å². The summed E-state index contributed by atoms with van der Waals surface area (Å²) in [5.41, 5.74) is 7.30. The number of carbonyl (C=O) groups excluding carboxylic acids is 1. The van der Waals surface area contributed by atoms with Crippen LogP contribution >= 0.6 is 27.5 Å². The number of nitrogens with one attached hydrogen (secondary N) is 1. The van der Waals surface area contributed by atoms with Crippen LogP contribution in [0.5, 0.6) is 0 Å². The molecule has 0 spiro atoms. The van der Waals surface area contributed by atoms with Crippen molar-refractivity contribution < 1.29 is 4.79 Å². The molecule has 0 atom stereocenters. The molecule has 5 heteroatoms. The van der Waals surface area contributed by atoms with Gasteiger partial charge in [-0.15, -0.1) is 0 Å². The Hall–Kier alpha value is -1.52. The topological polar surface area (TPSA) is 55.1 Å². The minimum Gasteiger partial charge on any atom is -0.398 e. The molecule has 0 saturated carbocycles. The molecule has 0 aliphatic heterocycles. The van der Waals surface area contributed by atoms with E-state index in [1.165, 1.54) is 0 Å². The second kappa shape index (κ2) is 5.42. The van der Waals surface area contributed by atoms with E-state index in [2.05, 4.69) is 21.2 Å². The highest BCUT2D eigenvalue weighted by atomic mass is 79.9. The molecule has 0 bridgehead atoms. The molecular formula is C13H10BrClN2O. The summed E-state index contributed by atoms with van der Waals surface area (Å²) in [4.78, 5) is 12.0. The summed E-state index contributed by atoms with van der Waals surface area (Å²) in [6.07, 6.45) is 0. The van der Waals surface area contributed by atoms with Crippen LogP contribution in [0.4, 0.5) is 11.4 Å². The lowest BCUT2D eigenvalue weighted by Gasteiger charge is -2.08. The Balaban J connectivity index is 2.21. The predicted octanol–water partition coefficient (Wildman–Crippen LogP) is 3.94. The maximum Gasteiger partial charge on any atom is 0.257 e. The minimum atomic E-state index is -0.254. The van der Waals surface area contributed by atoms with Crippen LogP contribution in [0.3, 0.4) is 0 Å². The number of halogens is 2. The predicted molar refractivity (Wildman–Crippen MR) is 78.0 cm³/mol. The summed E-state index contributed by atoms with van der Waals surface area (Å²) in [5.74, 6) is -0.254. The van der Waals surface area contributed by atoms with Crippen LogP contribution in [0.25, 0.3) is 0 Å². The lowest BCUT2D eigenvalue weighted by Crippen LogP contribution is -2.13. The van der Waals surface area contributed by atoms with Crippen molar-refractivity contribution in [2.45, 2.75) is 0 Å². The molecule has 18 heavy (non-hydrogen) atoms. The number of rotatable bonds is 2. The van der Waals surface area contributed by atoms with Gasteiger partial charge >= 0.3 is 0 Å². The third kappa shape index (κ3) is 3.03. The molecule has 92 valence electrons. The Bertz CT molecular complexity index is 584. The fraction of sp³-hybridized carbons (Fsp3) is 0. The van der Waals surface area contributed by atoms with E-state index in [0.29, 0.717) is 22.0 Å². The highest BCUT2D eigenvalue weighted by Gasteiger charge is 2.10. The molecule has 1 amide bonds. The van der Waals surface area contributed by atoms with Crippen LogP contribution < -0.4 is 11.1 Å².